The topological polar surface area (TPSA) is 26.3 Å². The summed E-state index contributed by atoms with van der Waals surface area (Å²) >= 11 is 0. The number of hydrogen-bond acceptors (Lipinski definition) is 2. The predicted molar refractivity (Wildman–Crippen MR) is 113 cm³/mol. The first-order valence-corrected chi connectivity index (χ1v) is 11.7. The number of rotatable bonds is 2. The van der Waals surface area contributed by atoms with E-state index in [1.807, 2.05) is 6.08 Å². The highest BCUT2D eigenvalue weighted by molar-refractivity contribution is 5.91. The molecule has 3 saturated carbocycles. The van der Waals surface area contributed by atoms with Gasteiger partial charge in [0.2, 0.25) is 0 Å². The van der Waals surface area contributed by atoms with Crippen LogP contribution in [0, 0.1) is 35.0 Å². The Kier molecular flexibility index (Phi) is 4.50. The van der Waals surface area contributed by atoms with Gasteiger partial charge < -0.3 is 4.74 Å². The van der Waals surface area contributed by atoms with E-state index in [0.29, 0.717) is 17.6 Å². The fraction of sp³-hybridized carbons (Fsp3) is 0.731. The number of ether oxygens (including phenoxy) is 1. The van der Waals surface area contributed by atoms with Crippen LogP contribution in [0.1, 0.15) is 71.1 Å². The molecule has 0 bridgehead atoms. The number of ketones is 1. The van der Waals surface area contributed by atoms with Crippen LogP contribution in [0.3, 0.4) is 0 Å². The van der Waals surface area contributed by atoms with Crippen molar-refractivity contribution in [2.45, 2.75) is 76.7 Å². The summed E-state index contributed by atoms with van der Waals surface area (Å²) in [4.78, 5) is 12.0. The molecule has 152 valence electrons. The number of fused-ring (bicyclic) bond motifs is 6. The van der Waals surface area contributed by atoms with E-state index in [4.69, 9.17) is 4.74 Å². The van der Waals surface area contributed by atoms with Gasteiger partial charge in [0, 0.05) is 18.4 Å². The smallest absolute Gasteiger partial charge is 0.155 e. The highest BCUT2D eigenvalue weighted by Gasteiger charge is 2.66. The van der Waals surface area contributed by atoms with Gasteiger partial charge in [-0.05, 0) is 99.0 Å². The summed E-state index contributed by atoms with van der Waals surface area (Å²) in [5.74, 6) is 3.91. The summed E-state index contributed by atoms with van der Waals surface area (Å²) in [6, 6.07) is 0. The Bertz CT molecular complexity index is 733. The Labute approximate surface area is 170 Å². The van der Waals surface area contributed by atoms with Gasteiger partial charge in [0.05, 0.1) is 5.60 Å². The molecule has 1 heterocycles. The number of carbonyl (C=O) groups excluding carboxylic acids is 1. The zero-order chi connectivity index (χ0) is 19.5. The summed E-state index contributed by atoms with van der Waals surface area (Å²) in [5, 5.41) is 0. The molecule has 2 nitrogen and oxygen atoms in total. The van der Waals surface area contributed by atoms with E-state index < -0.39 is 0 Å². The minimum atomic E-state index is -0.0844. The van der Waals surface area contributed by atoms with Crippen LogP contribution in [-0.2, 0) is 9.53 Å². The van der Waals surface area contributed by atoms with Gasteiger partial charge in [-0.15, -0.1) is 6.58 Å². The van der Waals surface area contributed by atoms with E-state index in [9.17, 15) is 4.79 Å². The van der Waals surface area contributed by atoms with Crippen LogP contribution in [0.25, 0.3) is 0 Å². The van der Waals surface area contributed by atoms with Crippen LogP contribution in [-0.4, -0.2) is 18.0 Å². The number of carbonyl (C=O) groups is 1. The fourth-order valence-corrected chi connectivity index (χ4v) is 8.59. The second kappa shape index (κ2) is 6.69. The normalized spacial score (nSPS) is 47.9. The van der Waals surface area contributed by atoms with Crippen molar-refractivity contribution in [3.63, 3.8) is 0 Å². The highest BCUT2D eigenvalue weighted by Crippen LogP contribution is 2.69. The Morgan fingerprint density at radius 3 is 2.89 bits per heavy atom. The summed E-state index contributed by atoms with van der Waals surface area (Å²) < 4.78 is 6.66. The summed E-state index contributed by atoms with van der Waals surface area (Å²) in [7, 11) is 0. The lowest BCUT2D eigenvalue weighted by molar-refractivity contribution is -0.158. The van der Waals surface area contributed by atoms with Gasteiger partial charge in [-0.25, -0.2) is 0 Å². The Balaban J connectivity index is 1.54. The van der Waals surface area contributed by atoms with Gasteiger partial charge >= 0.3 is 0 Å². The van der Waals surface area contributed by atoms with E-state index in [0.717, 1.165) is 62.9 Å². The third kappa shape index (κ3) is 2.46. The number of allylic oxidation sites excluding steroid dienone is 2. The maximum absolute atomic E-state index is 12.0. The molecule has 0 unspecified atom stereocenters. The van der Waals surface area contributed by atoms with E-state index in [1.165, 1.54) is 36.8 Å². The minimum absolute atomic E-state index is 0.0844. The van der Waals surface area contributed by atoms with Crippen molar-refractivity contribution in [3.8, 4) is 0 Å². The summed E-state index contributed by atoms with van der Waals surface area (Å²) in [6.45, 7) is 12.1. The van der Waals surface area contributed by atoms with E-state index >= 15 is 0 Å². The van der Waals surface area contributed by atoms with E-state index in [-0.39, 0.29) is 11.0 Å². The maximum atomic E-state index is 12.0. The van der Waals surface area contributed by atoms with Crippen molar-refractivity contribution in [2.24, 2.45) is 35.0 Å². The van der Waals surface area contributed by atoms with Crippen LogP contribution < -0.4 is 0 Å². The van der Waals surface area contributed by atoms with Crippen molar-refractivity contribution >= 4 is 5.78 Å². The van der Waals surface area contributed by atoms with Crippen LogP contribution >= 0.6 is 0 Å². The quantitative estimate of drug-likeness (QED) is 0.546. The molecule has 0 N–H and O–H groups in total. The van der Waals surface area contributed by atoms with Gasteiger partial charge in [-0.3, -0.25) is 4.79 Å². The fourth-order valence-electron chi connectivity index (χ4n) is 8.59. The molecule has 1 aliphatic heterocycles. The van der Waals surface area contributed by atoms with Crippen molar-refractivity contribution < 1.29 is 9.53 Å². The first kappa shape index (κ1) is 18.9. The van der Waals surface area contributed by atoms with Gasteiger partial charge in [0.1, 0.15) is 0 Å². The largest absolute Gasteiger partial charge is 0.370 e. The molecule has 4 aliphatic carbocycles. The standard InChI is InChI=1S/C26H36O2/c1-4-6-19-16-25(3)23(12-13-26(25)17(2)7-5-14-28-26)22-10-8-18-15-20(27)9-11-21(18)24(19)22/h4,15,19,21-24H,1-2,5-14,16H2,3H3/t19-,21-,22-,23-,24+,25-,26+/m0/s1. The predicted octanol–water partition coefficient (Wildman–Crippen LogP) is 6.04. The lowest BCUT2D eigenvalue weighted by Crippen LogP contribution is -2.58. The Morgan fingerprint density at radius 1 is 1.25 bits per heavy atom. The molecule has 0 amide bonds. The van der Waals surface area contributed by atoms with E-state index in [1.54, 1.807) is 0 Å². The SMILES string of the molecule is C=CC[C@H]1C[C@@]2(C)[C@@H](CC[C@]23OCCCC3=C)[C@@H]2CCC3=CC(=O)CC[C@@H]3[C@@H]12. The molecule has 5 rings (SSSR count). The summed E-state index contributed by atoms with van der Waals surface area (Å²) in [5.41, 5.74) is 2.98. The van der Waals surface area contributed by atoms with Crippen LogP contribution in [0.5, 0.6) is 0 Å². The lowest BCUT2D eigenvalue weighted by atomic mass is 9.46. The zero-order valence-electron chi connectivity index (χ0n) is 17.6. The average Bonchev–Trinajstić information content (AvgIpc) is 2.97. The van der Waals surface area contributed by atoms with Crippen molar-refractivity contribution in [1.29, 1.82) is 0 Å². The van der Waals surface area contributed by atoms with Crippen molar-refractivity contribution in [3.05, 3.63) is 36.5 Å². The molecule has 2 heteroatoms. The maximum Gasteiger partial charge on any atom is 0.155 e. The Hall–Kier alpha value is -1.15. The molecule has 0 radical (unpaired) electrons. The van der Waals surface area contributed by atoms with Gasteiger partial charge in [-0.2, -0.15) is 0 Å². The van der Waals surface area contributed by atoms with Gasteiger partial charge in [0.15, 0.2) is 5.78 Å². The van der Waals surface area contributed by atoms with E-state index in [2.05, 4.69) is 26.2 Å². The molecule has 7 atom stereocenters. The van der Waals surface area contributed by atoms with Crippen LogP contribution in [0.4, 0.5) is 0 Å². The molecule has 0 aromatic rings. The monoisotopic (exact) mass is 380 g/mol. The van der Waals surface area contributed by atoms with Crippen LogP contribution in [0.15, 0.2) is 36.5 Å². The lowest BCUT2D eigenvalue weighted by Gasteiger charge is -2.60. The minimum Gasteiger partial charge on any atom is -0.370 e. The molecular formula is C26H36O2. The van der Waals surface area contributed by atoms with Gasteiger partial charge in [-0.1, -0.05) is 25.2 Å². The molecule has 28 heavy (non-hydrogen) atoms. The molecule has 5 aliphatic rings. The molecule has 4 fully saturated rings. The third-order valence-corrected chi connectivity index (χ3v) is 9.56. The second-order valence-electron chi connectivity index (χ2n) is 10.5. The average molecular weight is 381 g/mol. The molecular weight excluding hydrogens is 344 g/mol. The van der Waals surface area contributed by atoms with Crippen LogP contribution in [0.2, 0.25) is 0 Å². The van der Waals surface area contributed by atoms with Crippen molar-refractivity contribution in [1.82, 2.24) is 0 Å². The molecule has 0 aromatic heterocycles. The third-order valence-electron chi connectivity index (χ3n) is 9.56. The molecule has 0 aromatic carbocycles. The highest BCUT2D eigenvalue weighted by atomic mass is 16.5. The molecule has 1 spiro atoms. The first-order valence-electron chi connectivity index (χ1n) is 11.7. The summed E-state index contributed by atoms with van der Waals surface area (Å²) in [6.07, 6.45) is 15.5. The zero-order valence-corrected chi connectivity index (χ0v) is 17.6. The molecule has 1 saturated heterocycles. The van der Waals surface area contributed by atoms with Crippen molar-refractivity contribution in [2.75, 3.05) is 6.61 Å². The van der Waals surface area contributed by atoms with Gasteiger partial charge in [0.25, 0.3) is 0 Å². The first-order chi connectivity index (χ1) is 13.5. The second-order valence-corrected chi connectivity index (χ2v) is 10.5. The number of hydrogen-bond donors (Lipinski definition) is 0. The Morgan fingerprint density at radius 2 is 2.11 bits per heavy atom.